The van der Waals surface area contributed by atoms with E-state index in [1.807, 2.05) is 0 Å². The molecule has 0 atom stereocenters. The number of para-hydroxylation sites is 2. The number of anilines is 2. The van der Waals surface area contributed by atoms with Crippen molar-refractivity contribution in [2.45, 2.75) is 10.1 Å². The van der Waals surface area contributed by atoms with Crippen LogP contribution in [0.5, 0.6) is 0 Å². The molecule has 134 valence electrons. The number of hydrogen-bond donors (Lipinski definition) is 2. The summed E-state index contributed by atoms with van der Waals surface area (Å²) in [4.78, 5) is 7.60. The normalized spacial score (nSPS) is 11.7. The summed E-state index contributed by atoms with van der Waals surface area (Å²) in [5.41, 5.74) is 0.135. The van der Waals surface area contributed by atoms with Gasteiger partial charge >= 0.3 is 0 Å². The van der Waals surface area contributed by atoms with Crippen LogP contribution in [0.25, 0.3) is 0 Å². The van der Waals surface area contributed by atoms with Crippen LogP contribution < -0.4 is 9.44 Å². The highest BCUT2D eigenvalue weighted by atomic mass is 32.2. The summed E-state index contributed by atoms with van der Waals surface area (Å²) in [7, 11) is -7.94. The molecule has 2 heterocycles. The molecule has 3 rings (SSSR count). The van der Waals surface area contributed by atoms with E-state index in [4.69, 9.17) is 0 Å². The van der Waals surface area contributed by atoms with E-state index in [1.54, 1.807) is 24.3 Å². The number of sulfonamides is 2. The molecule has 0 aliphatic carbocycles. The third-order valence-corrected chi connectivity index (χ3v) is 5.80. The molecule has 0 aliphatic rings. The lowest BCUT2D eigenvalue weighted by molar-refractivity contribution is 0.595. The zero-order valence-corrected chi connectivity index (χ0v) is 14.9. The summed E-state index contributed by atoms with van der Waals surface area (Å²) in [6.45, 7) is 0. The molecule has 10 heteroatoms. The molecule has 0 aliphatic heterocycles. The summed E-state index contributed by atoms with van der Waals surface area (Å²) < 4.78 is 54.4. The highest BCUT2D eigenvalue weighted by Crippen LogP contribution is 2.26. The van der Waals surface area contributed by atoms with Crippen molar-refractivity contribution in [2.24, 2.45) is 0 Å². The van der Waals surface area contributed by atoms with E-state index in [1.165, 1.54) is 48.8 Å². The molecule has 26 heavy (non-hydrogen) atoms. The molecule has 2 N–H and O–H groups in total. The van der Waals surface area contributed by atoms with Gasteiger partial charge in [0.15, 0.2) is 10.1 Å². The monoisotopic (exact) mass is 390 g/mol. The van der Waals surface area contributed by atoms with E-state index in [0.717, 1.165) is 0 Å². The van der Waals surface area contributed by atoms with Crippen LogP contribution in [0.2, 0.25) is 0 Å². The van der Waals surface area contributed by atoms with Crippen LogP contribution in [-0.4, -0.2) is 26.8 Å². The molecule has 0 saturated carbocycles. The number of nitrogens with one attached hydrogen (secondary N) is 2. The van der Waals surface area contributed by atoms with Gasteiger partial charge in [-0.1, -0.05) is 24.3 Å². The van der Waals surface area contributed by atoms with Gasteiger partial charge in [-0.25, -0.2) is 9.97 Å². The Morgan fingerprint density at radius 3 is 1.31 bits per heavy atom. The summed E-state index contributed by atoms with van der Waals surface area (Å²) in [6.07, 6.45) is 2.70. The van der Waals surface area contributed by atoms with E-state index in [-0.39, 0.29) is 21.4 Å². The molecular formula is C16H14N4O4S2. The van der Waals surface area contributed by atoms with Gasteiger partial charge in [-0.05, 0) is 36.4 Å². The number of hydrogen-bond acceptors (Lipinski definition) is 6. The summed E-state index contributed by atoms with van der Waals surface area (Å²) in [5.74, 6) is 0. The van der Waals surface area contributed by atoms with Crippen LogP contribution in [0.4, 0.5) is 11.4 Å². The lowest BCUT2D eigenvalue weighted by Gasteiger charge is -2.13. The zero-order valence-electron chi connectivity index (χ0n) is 13.3. The number of benzene rings is 1. The van der Waals surface area contributed by atoms with Gasteiger partial charge in [-0.2, -0.15) is 16.8 Å². The number of pyridine rings is 2. The molecule has 3 aromatic rings. The number of aromatic nitrogens is 2. The topological polar surface area (TPSA) is 118 Å². The third-order valence-electron chi connectivity index (χ3n) is 3.24. The van der Waals surface area contributed by atoms with Gasteiger partial charge in [0.25, 0.3) is 20.0 Å². The van der Waals surface area contributed by atoms with Crippen molar-refractivity contribution in [2.75, 3.05) is 9.44 Å². The SMILES string of the molecule is O=S(=O)(Nc1ccccc1NS(=O)(=O)c1ccccn1)c1ccccn1. The smallest absolute Gasteiger partial charge is 0.276 e. The first-order valence-corrected chi connectivity index (χ1v) is 10.3. The Morgan fingerprint density at radius 1 is 0.577 bits per heavy atom. The van der Waals surface area contributed by atoms with Crippen LogP contribution >= 0.6 is 0 Å². The first-order valence-electron chi connectivity index (χ1n) is 7.35. The van der Waals surface area contributed by atoms with E-state index >= 15 is 0 Å². The van der Waals surface area contributed by atoms with Gasteiger partial charge in [-0.15, -0.1) is 0 Å². The summed E-state index contributed by atoms with van der Waals surface area (Å²) >= 11 is 0. The van der Waals surface area contributed by atoms with Crippen molar-refractivity contribution < 1.29 is 16.8 Å². The Labute approximate surface area is 151 Å². The van der Waals surface area contributed by atoms with Gasteiger partial charge in [0.1, 0.15) is 0 Å². The van der Waals surface area contributed by atoms with Crippen LogP contribution in [0, 0.1) is 0 Å². The maximum absolute atomic E-state index is 12.4. The quantitative estimate of drug-likeness (QED) is 0.665. The Bertz CT molecular complexity index is 1010. The van der Waals surface area contributed by atoms with Crippen molar-refractivity contribution in [3.8, 4) is 0 Å². The van der Waals surface area contributed by atoms with E-state index in [9.17, 15) is 16.8 Å². The molecule has 1 aromatic carbocycles. The Hall–Kier alpha value is -2.98. The van der Waals surface area contributed by atoms with Crippen molar-refractivity contribution in [1.29, 1.82) is 0 Å². The molecule has 0 amide bonds. The summed E-state index contributed by atoms with van der Waals surface area (Å²) in [5, 5.41) is -0.357. The molecule has 0 radical (unpaired) electrons. The Balaban J connectivity index is 1.92. The standard InChI is InChI=1S/C16H14N4O4S2/c21-25(22,15-9-3-5-11-17-15)19-13-7-1-2-8-14(13)20-26(23,24)16-10-4-6-12-18-16/h1-12,19-20H. The van der Waals surface area contributed by atoms with Crippen molar-refractivity contribution >= 4 is 31.4 Å². The van der Waals surface area contributed by atoms with Crippen molar-refractivity contribution in [3.63, 3.8) is 0 Å². The van der Waals surface area contributed by atoms with Crippen LogP contribution in [-0.2, 0) is 20.0 Å². The first-order chi connectivity index (χ1) is 12.4. The first kappa shape index (κ1) is 17.8. The highest BCUT2D eigenvalue weighted by molar-refractivity contribution is 7.93. The third kappa shape index (κ3) is 3.98. The van der Waals surface area contributed by atoms with E-state index < -0.39 is 20.0 Å². The second-order valence-electron chi connectivity index (χ2n) is 5.09. The predicted octanol–water partition coefficient (Wildman–Crippen LogP) is 2.08. The number of nitrogens with zero attached hydrogens (tertiary/aromatic N) is 2. The maximum Gasteiger partial charge on any atom is 0.279 e. The van der Waals surface area contributed by atoms with Crippen molar-refractivity contribution in [1.82, 2.24) is 9.97 Å². The Morgan fingerprint density at radius 2 is 0.962 bits per heavy atom. The van der Waals surface area contributed by atoms with Crippen molar-refractivity contribution in [3.05, 3.63) is 73.1 Å². The summed E-state index contributed by atoms with van der Waals surface area (Å²) in [6, 6.07) is 15.0. The lowest BCUT2D eigenvalue weighted by atomic mass is 10.3. The van der Waals surface area contributed by atoms with Gasteiger partial charge < -0.3 is 0 Å². The molecule has 8 nitrogen and oxygen atoms in total. The Kier molecular flexibility index (Phi) is 4.87. The van der Waals surface area contributed by atoms with Gasteiger partial charge in [0.05, 0.1) is 11.4 Å². The molecule has 0 saturated heterocycles. The minimum Gasteiger partial charge on any atom is -0.276 e. The molecular weight excluding hydrogens is 376 g/mol. The second kappa shape index (κ2) is 7.10. The molecule has 0 bridgehead atoms. The lowest BCUT2D eigenvalue weighted by Crippen LogP contribution is -2.18. The highest BCUT2D eigenvalue weighted by Gasteiger charge is 2.20. The molecule has 0 unspecified atom stereocenters. The van der Waals surface area contributed by atoms with E-state index in [0.29, 0.717) is 0 Å². The van der Waals surface area contributed by atoms with Gasteiger partial charge in [0, 0.05) is 12.4 Å². The average Bonchev–Trinajstić information content (AvgIpc) is 2.64. The van der Waals surface area contributed by atoms with Crippen LogP contribution in [0.1, 0.15) is 0 Å². The fourth-order valence-electron chi connectivity index (χ4n) is 2.07. The van der Waals surface area contributed by atoms with Crippen LogP contribution in [0.15, 0.2) is 83.1 Å². The largest absolute Gasteiger partial charge is 0.279 e. The minimum absolute atomic E-state index is 0.0673. The van der Waals surface area contributed by atoms with Crippen LogP contribution in [0.3, 0.4) is 0 Å². The minimum atomic E-state index is -3.97. The van der Waals surface area contributed by atoms with E-state index in [2.05, 4.69) is 19.4 Å². The average molecular weight is 390 g/mol. The fraction of sp³-hybridized carbons (Fsp3) is 0. The van der Waals surface area contributed by atoms with Gasteiger partial charge in [0.2, 0.25) is 0 Å². The van der Waals surface area contributed by atoms with Gasteiger partial charge in [-0.3, -0.25) is 9.44 Å². The maximum atomic E-state index is 12.4. The second-order valence-corrected chi connectivity index (χ2v) is 8.35. The molecule has 2 aromatic heterocycles. The predicted molar refractivity (Wildman–Crippen MR) is 96.5 cm³/mol. The molecule has 0 fully saturated rings. The zero-order chi connectivity index (χ0) is 18.6. The fourth-order valence-corrected chi connectivity index (χ4v) is 4.13. The molecule has 0 spiro atoms. The number of rotatable bonds is 6.